The van der Waals surface area contributed by atoms with Gasteiger partial charge >= 0.3 is 0 Å². The summed E-state index contributed by atoms with van der Waals surface area (Å²) in [5.41, 5.74) is 3.63. The van der Waals surface area contributed by atoms with Crippen LogP contribution in [0.25, 0.3) is 11.1 Å². The Labute approximate surface area is 146 Å². The van der Waals surface area contributed by atoms with Crippen molar-refractivity contribution < 1.29 is 0 Å². The molecule has 118 valence electrons. The number of piperidine rings is 1. The van der Waals surface area contributed by atoms with E-state index in [1.807, 2.05) is 18.2 Å². The molecule has 0 amide bonds. The lowest BCUT2D eigenvalue weighted by molar-refractivity contribution is 0.371. The van der Waals surface area contributed by atoms with Gasteiger partial charge in [0.2, 0.25) is 0 Å². The molecule has 2 nitrogen and oxygen atoms in total. The van der Waals surface area contributed by atoms with Crippen molar-refractivity contribution in [3.05, 3.63) is 59.1 Å². The van der Waals surface area contributed by atoms with Crippen LogP contribution in [0.15, 0.2) is 52.9 Å². The Morgan fingerprint density at radius 1 is 1.04 bits per heavy atom. The molecule has 2 aliphatic heterocycles. The minimum absolute atomic E-state index is 0.442. The van der Waals surface area contributed by atoms with E-state index in [1.165, 1.54) is 29.8 Å². The molecular weight excluding hydrogens is 324 g/mol. The van der Waals surface area contributed by atoms with E-state index in [-0.39, 0.29) is 0 Å². The highest BCUT2D eigenvalue weighted by Crippen LogP contribution is 2.34. The van der Waals surface area contributed by atoms with Crippen molar-refractivity contribution >= 4 is 29.4 Å². The first-order chi connectivity index (χ1) is 11.3. The van der Waals surface area contributed by atoms with Crippen LogP contribution in [-0.2, 0) is 0 Å². The van der Waals surface area contributed by atoms with Gasteiger partial charge < -0.3 is 4.90 Å². The standard InChI is InChI=1S/C19H19ClN2S/c20-18-6-2-1-4-16(18)14-7-9-15(10-8-14)17-5-3-11-22-12-13-23-21-19(17)22/h1-2,4,6-10,17H,3,5,11-13H2. The van der Waals surface area contributed by atoms with Crippen molar-refractivity contribution in [1.82, 2.24) is 4.90 Å². The van der Waals surface area contributed by atoms with Crippen LogP contribution in [0, 0.1) is 0 Å². The fourth-order valence-electron chi connectivity index (χ4n) is 3.47. The molecule has 0 bridgehead atoms. The van der Waals surface area contributed by atoms with E-state index >= 15 is 0 Å². The van der Waals surface area contributed by atoms with Crippen molar-refractivity contribution in [1.29, 1.82) is 0 Å². The number of hydrogen-bond donors (Lipinski definition) is 0. The molecule has 0 aromatic heterocycles. The maximum atomic E-state index is 6.31. The van der Waals surface area contributed by atoms with Gasteiger partial charge in [0.25, 0.3) is 0 Å². The predicted octanol–water partition coefficient (Wildman–Crippen LogP) is 5.25. The maximum absolute atomic E-state index is 6.31. The predicted molar refractivity (Wildman–Crippen MR) is 100 cm³/mol. The van der Waals surface area contributed by atoms with Crippen molar-refractivity contribution in [2.75, 3.05) is 18.8 Å². The summed E-state index contributed by atoms with van der Waals surface area (Å²) in [5, 5.41) is 0.803. The van der Waals surface area contributed by atoms with Gasteiger partial charge in [0.1, 0.15) is 5.84 Å². The molecule has 2 aliphatic rings. The van der Waals surface area contributed by atoms with E-state index in [9.17, 15) is 0 Å². The molecule has 2 aromatic carbocycles. The second-order valence-electron chi connectivity index (χ2n) is 6.07. The molecule has 1 unspecified atom stereocenters. The van der Waals surface area contributed by atoms with Gasteiger partial charge in [-0.25, -0.2) is 4.40 Å². The summed E-state index contributed by atoms with van der Waals surface area (Å²) in [6.07, 6.45) is 2.45. The van der Waals surface area contributed by atoms with E-state index in [1.54, 1.807) is 11.9 Å². The Bertz CT molecular complexity index is 726. The van der Waals surface area contributed by atoms with E-state index in [0.29, 0.717) is 5.92 Å². The average molecular weight is 343 g/mol. The van der Waals surface area contributed by atoms with Crippen LogP contribution in [0.4, 0.5) is 0 Å². The number of nitrogens with zero attached hydrogens (tertiary/aromatic N) is 2. The van der Waals surface area contributed by atoms with Crippen molar-refractivity contribution in [3.8, 4) is 11.1 Å². The third-order valence-corrected chi connectivity index (χ3v) is 5.68. The lowest BCUT2D eigenvalue weighted by Crippen LogP contribution is -2.42. The second kappa shape index (κ2) is 6.58. The molecule has 23 heavy (non-hydrogen) atoms. The molecular formula is C19H19ClN2S. The lowest BCUT2D eigenvalue weighted by atomic mass is 9.88. The number of halogens is 1. The van der Waals surface area contributed by atoms with E-state index < -0.39 is 0 Å². The maximum Gasteiger partial charge on any atom is 0.120 e. The fourth-order valence-corrected chi connectivity index (χ4v) is 4.48. The van der Waals surface area contributed by atoms with Crippen LogP contribution >= 0.6 is 23.5 Å². The molecule has 4 rings (SSSR count). The van der Waals surface area contributed by atoms with E-state index in [0.717, 1.165) is 29.4 Å². The van der Waals surface area contributed by atoms with Crippen LogP contribution in [0.5, 0.6) is 0 Å². The molecule has 0 spiro atoms. The zero-order chi connectivity index (χ0) is 15.6. The lowest BCUT2D eigenvalue weighted by Gasteiger charge is -2.37. The molecule has 1 atom stereocenters. The van der Waals surface area contributed by atoms with Crippen LogP contribution in [0.3, 0.4) is 0 Å². The van der Waals surface area contributed by atoms with Gasteiger partial charge in [0.05, 0.1) is 0 Å². The second-order valence-corrected chi connectivity index (χ2v) is 7.32. The summed E-state index contributed by atoms with van der Waals surface area (Å²) in [5.74, 6) is 2.83. The number of hydrogen-bond acceptors (Lipinski definition) is 3. The molecule has 2 aromatic rings. The summed E-state index contributed by atoms with van der Waals surface area (Å²) >= 11 is 8.02. The summed E-state index contributed by atoms with van der Waals surface area (Å²) in [7, 11) is 0. The zero-order valence-electron chi connectivity index (χ0n) is 12.9. The Balaban J connectivity index is 1.63. The van der Waals surface area contributed by atoms with Crippen LogP contribution in [0.2, 0.25) is 5.02 Å². The summed E-state index contributed by atoms with van der Waals surface area (Å²) in [6.45, 7) is 2.30. The molecule has 0 aliphatic carbocycles. The van der Waals surface area contributed by atoms with Crippen LogP contribution in [-0.4, -0.2) is 29.6 Å². The number of benzene rings is 2. The van der Waals surface area contributed by atoms with Gasteiger partial charge in [-0.1, -0.05) is 54.1 Å². The molecule has 1 fully saturated rings. The minimum atomic E-state index is 0.442. The van der Waals surface area contributed by atoms with E-state index in [4.69, 9.17) is 16.0 Å². The van der Waals surface area contributed by atoms with Crippen molar-refractivity contribution in [2.24, 2.45) is 4.40 Å². The van der Waals surface area contributed by atoms with Crippen LogP contribution in [0.1, 0.15) is 24.3 Å². The van der Waals surface area contributed by atoms with E-state index in [2.05, 4.69) is 35.2 Å². The quantitative estimate of drug-likeness (QED) is 0.693. The van der Waals surface area contributed by atoms with Gasteiger partial charge in [-0.15, -0.1) is 0 Å². The Morgan fingerprint density at radius 2 is 1.87 bits per heavy atom. The van der Waals surface area contributed by atoms with Crippen molar-refractivity contribution in [2.45, 2.75) is 18.8 Å². The monoisotopic (exact) mass is 342 g/mol. The summed E-state index contributed by atoms with van der Waals surface area (Å²) < 4.78 is 4.74. The molecule has 0 N–H and O–H groups in total. The number of rotatable bonds is 2. The van der Waals surface area contributed by atoms with Gasteiger partial charge in [0.15, 0.2) is 0 Å². The van der Waals surface area contributed by atoms with Gasteiger partial charge in [-0.3, -0.25) is 0 Å². The molecule has 4 heteroatoms. The Morgan fingerprint density at radius 3 is 2.70 bits per heavy atom. The normalized spacial score (nSPS) is 20.8. The fraction of sp³-hybridized carbons (Fsp3) is 0.316. The molecule has 0 radical (unpaired) electrons. The first-order valence-electron chi connectivity index (χ1n) is 8.12. The average Bonchev–Trinajstić information content (AvgIpc) is 2.62. The highest BCUT2D eigenvalue weighted by atomic mass is 35.5. The Hall–Kier alpha value is -1.45. The first kappa shape index (κ1) is 15.1. The molecule has 0 saturated carbocycles. The van der Waals surface area contributed by atoms with Gasteiger partial charge in [-0.2, -0.15) is 0 Å². The number of fused-ring (bicyclic) bond motifs is 1. The third-order valence-electron chi connectivity index (χ3n) is 4.66. The number of amidine groups is 1. The Kier molecular flexibility index (Phi) is 4.32. The molecule has 1 saturated heterocycles. The highest BCUT2D eigenvalue weighted by molar-refractivity contribution is 7.98. The van der Waals surface area contributed by atoms with Gasteiger partial charge in [0, 0.05) is 35.3 Å². The summed E-state index contributed by atoms with van der Waals surface area (Å²) in [4.78, 5) is 2.46. The van der Waals surface area contributed by atoms with Gasteiger partial charge in [-0.05, 0) is 42.0 Å². The topological polar surface area (TPSA) is 15.6 Å². The van der Waals surface area contributed by atoms with Crippen molar-refractivity contribution in [3.63, 3.8) is 0 Å². The smallest absolute Gasteiger partial charge is 0.120 e. The zero-order valence-corrected chi connectivity index (χ0v) is 14.5. The third kappa shape index (κ3) is 3.00. The highest BCUT2D eigenvalue weighted by Gasteiger charge is 2.29. The molecule has 2 heterocycles. The largest absolute Gasteiger partial charge is 0.358 e. The van der Waals surface area contributed by atoms with Crippen LogP contribution < -0.4 is 0 Å². The summed E-state index contributed by atoms with van der Waals surface area (Å²) in [6, 6.07) is 16.9. The SMILES string of the molecule is Clc1ccccc1-c1ccc(C2CCCN3CCSN=C23)cc1. The first-order valence-corrected chi connectivity index (χ1v) is 9.44. The minimum Gasteiger partial charge on any atom is -0.358 e.